The number of hydrogen-bond acceptors (Lipinski definition) is 3. The third-order valence-corrected chi connectivity index (χ3v) is 6.58. The molecule has 38 heavy (non-hydrogen) atoms. The zero-order valence-electron chi connectivity index (χ0n) is 21.8. The van der Waals surface area contributed by atoms with Crippen molar-refractivity contribution >= 4 is 0 Å². The van der Waals surface area contributed by atoms with Gasteiger partial charge < -0.3 is 9.30 Å². The van der Waals surface area contributed by atoms with Gasteiger partial charge in [-0.3, -0.25) is 4.79 Å². The SMILES string of the molecule is Cc1ccc(Cn2c(-c3ccc(Oc4cc(C)ccc4C)c(C)c3)cc(C(F)(F)F)c(C#N)c2=O)c(C)c1. The van der Waals surface area contributed by atoms with Gasteiger partial charge in [-0.1, -0.05) is 35.9 Å². The van der Waals surface area contributed by atoms with Crippen molar-refractivity contribution in [2.24, 2.45) is 0 Å². The number of nitrogens with zero attached hydrogens (tertiary/aromatic N) is 2. The van der Waals surface area contributed by atoms with Gasteiger partial charge in [0.05, 0.1) is 17.8 Å². The normalized spacial score (nSPS) is 11.3. The Hall–Kier alpha value is -4.31. The van der Waals surface area contributed by atoms with E-state index in [1.807, 2.05) is 64.1 Å². The molecule has 4 rings (SSSR count). The number of aryl methyl sites for hydroxylation is 5. The largest absolute Gasteiger partial charge is 0.457 e. The molecule has 194 valence electrons. The quantitative estimate of drug-likeness (QED) is 0.272. The summed E-state index contributed by atoms with van der Waals surface area (Å²) in [6, 6.07) is 18.9. The molecule has 1 heterocycles. The second kappa shape index (κ2) is 10.2. The fourth-order valence-electron chi connectivity index (χ4n) is 4.43. The molecule has 0 aliphatic rings. The van der Waals surface area contributed by atoms with E-state index in [1.54, 1.807) is 25.1 Å². The second-order valence-electron chi connectivity index (χ2n) is 9.60. The molecule has 1 aromatic heterocycles. The van der Waals surface area contributed by atoms with Crippen LogP contribution in [0, 0.1) is 45.9 Å². The van der Waals surface area contributed by atoms with Crippen LogP contribution in [-0.2, 0) is 12.7 Å². The fourth-order valence-corrected chi connectivity index (χ4v) is 4.43. The third-order valence-electron chi connectivity index (χ3n) is 6.58. The summed E-state index contributed by atoms with van der Waals surface area (Å²) in [5.41, 5.74) is 2.70. The van der Waals surface area contributed by atoms with Crippen LogP contribution in [0.5, 0.6) is 11.5 Å². The monoisotopic (exact) mass is 516 g/mol. The van der Waals surface area contributed by atoms with Crippen LogP contribution in [-0.4, -0.2) is 4.57 Å². The van der Waals surface area contributed by atoms with E-state index in [-0.39, 0.29) is 12.2 Å². The van der Waals surface area contributed by atoms with E-state index < -0.39 is 22.9 Å². The summed E-state index contributed by atoms with van der Waals surface area (Å²) in [6.45, 7) is 9.52. The van der Waals surface area contributed by atoms with Crippen LogP contribution in [0.15, 0.2) is 65.5 Å². The Morgan fingerprint density at radius 1 is 0.816 bits per heavy atom. The summed E-state index contributed by atoms with van der Waals surface area (Å²) in [4.78, 5) is 13.3. The van der Waals surface area contributed by atoms with E-state index in [9.17, 15) is 23.2 Å². The second-order valence-corrected chi connectivity index (χ2v) is 9.60. The summed E-state index contributed by atoms with van der Waals surface area (Å²) in [5.74, 6) is 1.24. The van der Waals surface area contributed by atoms with E-state index in [1.165, 1.54) is 10.6 Å². The van der Waals surface area contributed by atoms with Gasteiger partial charge in [-0.05, 0) is 98.3 Å². The number of halogens is 3. The first-order valence-corrected chi connectivity index (χ1v) is 12.1. The molecule has 4 aromatic rings. The third kappa shape index (κ3) is 5.35. The molecule has 0 aliphatic heterocycles. The summed E-state index contributed by atoms with van der Waals surface area (Å²) >= 11 is 0. The van der Waals surface area contributed by atoms with Crippen LogP contribution >= 0.6 is 0 Å². The van der Waals surface area contributed by atoms with Gasteiger partial charge in [0, 0.05) is 0 Å². The standard InChI is InChI=1S/C31H27F3N2O2/c1-18-7-9-24(21(4)12-18)17-36-27(15-26(31(32,33)34)25(16-35)30(36)37)23-10-11-28(22(5)14-23)38-29-13-19(2)6-8-20(29)3/h6-15H,17H2,1-5H3. The Kier molecular flexibility index (Phi) is 7.19. The number of ether oxygens (including phenoxy) is 1. The first kappa shape index (κ1) is 26.7. The predicted molar refractivity (Wildman–Crippen MR) is 142 cm³/mol. The Balaban J connectivity index is 1.88. The first-order valence-electron chi connectivity index (χ1n) is 12.1. The number of rotatable bonds is 5. The van der Waals surface area contributed by atoms with Gasteiger partial charge in [0.15, 0.2) is 0 Å². The summed E-state index contributed by atoms with van der Waals surface area (Å²) in [6.07, 6.45) is -4.86. The van der Waals surface area contributed by atoms with E-state index >= 15 is 0 Å². The van der Waals surface area contributed by atoms with Crippen LogP contribution < -0.4 is 10.3 Å². The molecule has 3 aromatic carbocycles. The van der Waals surface area contributed by atoms with E-state index in [2.05, 4.69) is 0 Å². The van der Waals surface area contributed by atoms with Crippen molar-refractivity contribution in [2.75, 3.05) is 0 Å². The molecule has 0 spiro atoms. The lowest BCUT2D eigenvalue weighted by molar-refractivity contribution is -0.137. The van der Waals surface area contributed by atoms with Crippen LogP contribution in [0.25, 0.3) is 11.3 Å². The van der Waals surface area contributed by atoms with Crippen molar-refractivity contribution in [2.45, 2.75) is 47.3 Å². The molecule has 0 radical (unpaired) electrons. The molecule has 0 bridgehead atoms. The van der Waals surface area contributed by atoms with Crippen molar-refractivity contribution in [3.05, 3.63) is 116 Å². The molecule has 0 amide bonds. The van der Waals surface area contributed by atoms with Gasteiger partial charge in [0.25, 0.3) is 5.56 Å². The molecule has 0 saturated heterocycles. The Morgan fingerprint density at radius 3 is 2.13 bits per heavy atom. The van der Waals surface area contributed by atoms with Gasteiger partial charge in [0.2, 0.25) is 0 Å². The lowest BCUT2D eigenvalue weighted by Gasteiger charge is -2.19. The summed E-state index contributed by atoms with van der Waals surface area (Å²) in [5, 5.41) is 9.49. The Bertz CT molecular complexity index is 1640. The van der Waals surface area contributed by atoms with Crippen LogP contribution in [0.4, 0.5) is 13.2 Å². The zero-order chi connectivity index (χ0) is 27.8. The van der Waals surface area contributed by atoms with Crippen LogP contribution in [0.1, 0.15) is 44.5 Å². The van der Waals surface area contributed by atoms with E-state index in [0.29, 0.717) is 22.6 Å². The Morgan fingerprint density at radius 2 is 1.50 bits per heavy atom. The molecule has 0 atom stereocenters. The smallest absolute Gasteiger partial charge is 0.417 e. The molecule has 0 N–H and O–H groups in total. The average molecular weight is 517 g/mol. The number of alkyl halides is 3. The highest BCUT2D eigenvalue weighted by molar-refractivity contribution is 5.65. The summed E-state index contributed by atoms with van der Waals surface area (Å²) in [7, 11) is 0. The van der Waals surface area contributed by atoms with Crippen LogP contribution in [0.3, 0.4) is 0 Å². The molecule has 0 fully saturated rings. The number of pyridine rings is 1. The average Bonchev–Trinajstić information content (AvgIpc) is 2.84. The number of nitriles is 1. The van der Waals surface area contributed by atoms with Gasteiger partial charge >= 0.3 is 6.18 Å². The van der Waals surface area contributed by atoms with Crippen molar-refractivity contribution in [1.82, 2.24) is 4.57 Å². The topological polar surface area (TPSA) is 55.0 Å². The van der Waals surface area contributed by atoms with Gasteiger partial charge in [-0.2, -0.15) is 18.4 Å². The van der Waals surface area contributed by atoms with Gasteiger partial charge in [-0.15, -0.1) is 0 Å². The first-order chi connectivity index (χ1) is 17.9. The molecule has 7 heteroatoms. The predicted octanol–water partition coefficient (Wildman–Crippen LogP) is 7.79. The minimum absolute atomic E-state index is 0.0207. The zero-order valence-corrected chi connectivity index (χ0v) is 21.8. The highest BCUT2D eigenvalue weighted by atomic mass is 19.4. The highest BCUT2D eigenvalue weighted by Gasteiger charge is 2.36. The van der Waals surface area contributed by atoms with E-state index in [4.69, 9.17) is 4.74 Å². The molecule has 4 nitrogen and oxygen atoms in total. The highest BCUT2D eigenvalue weighted by Crippen LogP contribution is 2.36. The van der Waals surface area contributed by atoms with Gasteiger partial charge in [-0.25, -0.2) is 0 Å². The molecule has 0 aliphatic carbocycles. The van der Waals surface area contributed by atoms with Crippen LogP contribution in [0.2, 0.25) is 0 Å². The molecule has 0 unspecified atom stereocenters. The maximum Gasteiger partial charge on any atom is 0.417 e. The van der Waals surface area contributed by atoms with E-state index in [0.717, 1.165) is 33.9 Å². The van der Waals surface area contributed by atoms with Crippen molar-refractivity contribution in [3.8, 4) is 28.8 Å². The lowest BCUT2D eigenvalue weighted by Crippen LogP contribution is -2.29. The molecule has 0 saturated carbocycles. The molecular formula is C31H27F3N2O2. The van der Waals surface area contributed by atoms with Gasteiger partial charge in [0.1, 0.15) is 23.1 Å². The lowest BCUT2D eigenvalue weighted by atomic mass is 10.0. The van der Waals surface area contributed by atoms with Crippen molar-refractivity contribution in [3.63, 3.8) is 0 Å². The maximum atomic E-state index is 13.9. The minimum Gasteiger partial charge on any atom is -0.457 e. The Labute approximate surface area is 219 Å². The summed E-state index contributed by atoms with van der Waals surface area (Å²) < 4.78 is 49.1. The number of hydrogen-bond donors (Lipinski definition) is 0. The van der Waals surface area contributed by atoms with Crippen molar-refractivity contribution in [1.29, 1.82) is 5.26 Å². The molecular weight excluding hydrogens is 489 g/mol. The minimum atomic E-state index is -4.86. The maximum absolute atomic E-state index is 13.9. The number of aromatic nitrogens is 1. The van der Waals surface area contributed by atoms with Crippen molar-refractivity contribution < 1.29 is 17.9 Å². The fraction of sp³-hybridized carbons (Fsp3) is 0.226. The number of benzene rings is 3.